The molecule has 352 valence electrons. The monoisotopic (exact) mass is 934 g/mol. The number of carbonyl (C=O) groups is 2. The van der Waals surface area contributed by atoms with Crippen molar-refractivity contribution in [1.82, 2.24) is 29.4 Å². The predicted octanol–water partition coefficient (Wildman–Crippen LogP) is 9.49. The summed E-state index contributed by atoms with van der Waals surface area (Å²) in [5.41, 5.74) is 7.48. The molecule has 2 aliphatic rings. The minimum Gasteiger partial charge on any atom is -0.460 e. The van der Waals surface area contributed by atoms with Crippen molar-refractivity contribution in [1.29, 1.82) is 10.5 Å². The number of nitrogens with one attached hydrogen (secondary N) is 3. The normalized spacial score (nSPS) is 16.1. The fourth-order valence-corrected chi connectivity index (χ4v) is 9.31. The molecule has 5 N–H and O–H groups in total. The van der Waals surface area contributed by atoms with Gasteiger partial charge in [-0.15, -0.1) is 0 Å². The molecule has 5 heterocycles. The Labute approximate surface area is 395 Å². The molecule has 0 aliphatic carbocycles. The van der Waals surface area contributed by atoms with Crippen LogP contribution in [-0.4, -0.2) is 67.4 Å². The molecule has 2 saturated heterocycles. The number of likely N-dealkylation sites (tertiary alicyclic amines) is 2. The molecule has 0 radical (unpaired) electrons. The molecule has 2 fully saturated rings. The highest BCUT2D eigenvalue weighted by Crippen LogP contribution is 2.38. The van der Waals surface area contributed by atoms with Gasteiger partial charge in [-0.3, -0.25) is 28.8 Å². The van der Waals surface area contributed by atoms with Gasteiger partial charge < -0.3 is 26.1 Å². The van der Waals surface area contributed by atoms with E-state index in [0.29, 0.717) is 82.1 Å². The number of nitriles is 2. The lowest BCUT2D eigenvalue weighted by molar-refractivity contribution is -0.137. The number of halogens is 3. The van der Waals surface area contributed by atoms with Gasteiger partial charge in [0.2, 0.25) is 0 Å². The van der Waals surface area contributed by atoms with Crippen LogP contribution in [0.3, 0.4) is 0 Å². The first-order chi connectivity index (χ1) is 33.3. The number of aromatic nitrogens is 4. The summed E-state index contributed by atoms with van der Waals surface area (Å²) in [6, 6.07) is 36.0. The van der Waals surface area contributed by atoms with Gasteiger partial charge in [-0.1, -0.05) is 48.5 Å². The highest BCUT2D eigenvalue weighted by Gasteiger charge is 2.40. The summed E-state index contributed by atoms with van der Waals surface area (Å²) >= 11 is 0. The maximum Gasteiger partial charge on any atom is 0.416 e. The van der Waals surface area contributed by atoms with Crippen molar-refractivity contribution in [2.24, 2.45) is 5.73 Å². The van der Waals surface area contributed by atoms with E-state index in [2.05, 4.69) is 44.0 Å². The van der Waals surface area contributed by atoms with E-state index in [1.807, 2.05) is 54.6 Å². The van der Waals surface area contributed by atoms with Gasteiger partial charge >= 0.3 is 6.18 Å². The summed E-state index contributed by atoms with van der Waals surface area (Å²) in [5, 5.41) is 40.2. The summed E-state index contributed by atoms with van der Waals surface area (Å²) in [6.45, 7) is 3.55. The average molecular weight is 935 g/mol. The first kappa shape index (κ1) is 46.2. The predicted molar refractivity (Wildman–Crippen MR) is 253 cm³/mol. The number of fused-ring (bicyclic) bond motifs is 1. The van der Waals surface area contributed by atoms with Gasteiger partial charge in [0.1, 0.15) is 22.5 Å². The Balaban J connectivity index is 0.883. The van der Waals surface area contributed by atoms with Crippen molar-refractivity contribution < 1.29 is 27.2 Å². The Morgan fingerprint density at radius 2 is 1.20 bits per heavy atom. The zero-order valence-electron chi connectivity index (χ0n) is 37.5. The maximum atomic E-state index is 14.2. The number of nitrogens with two attached hydrogens (primary N) is 1. The van der Waals surface area contributed by atoms with Crippen molar-refractivity contribution >= 4 is 51.5 Å². The third-order valence-electron chi connectivity index (χ3n) is 13.3. The summed E-state index contributed by atoms with van der Waals surface area (Å²) < 4.78 is 48.8. The molecule has 18 heteroatoms. The third kappa shape index (κ3) is 10.2. The standard InChI is InChI=1S/C51H49F3N12O3/c52-51(53,54)37-12-10-35(11-13-37)31-63-26-20-49(18-24-55,21-27-63)65-33-42(45(57)67)46(61-65)59-39-14-16-40(17-15-39)60-48(68)43-34-66(62-47(43)58-38-7-2-1-3-8-38)50(19-25-56)22-28-64(29-23-50)32-41-30-36-6-4-5-9-44(36)69-41/h1-17,30,33-34H,18-23,26-29,31-32H2,(H2,57,67)(H,58,62)(H,59,61)(H,60,68). The Kier molecular flexibility index (Phi) is 13.0. The Hall–Kier alpha value is -7.93. The largest absolute Gasteiger partial charge is 0.460 e. The van der Waals surface area contributed by atoms with Crippen molar-refractivity contribution in [2.45, 2.75) is 68.9 Å². The number of benzene rings is 4. The minimum atomic E-state index is -4.41. The van der Waals surface area contributed by atoms with Crippen LogP contribution in [0.5, 0.6) is 0 Å². The molecule has 3 aromatic heterocycles. The van der Waals surface area contributed by atoms with E-state index in [4.69, 9.17) is 20.3 Å². The fourth-order valence-electron chi connectivity index (χ4n) is 9.31. The van der Waals surface area contributed by atoms with Gasteiger partial charge in [0.15, 0.2) is 11.6 Å². The molecule has 69 heavy (non-hydrogen) atoms. The number of carbonyl (C=O) groups excluding carboxylic acids is 2. The van der Waals surface area contributed by atoms with Crippen LogP contribution in [0.15, 0.2) is 126 Å². The molecular weight excluding hydrogens is 886 g/mol. The third-order valence-corrected chi connectivity index (χ3v) is 13.3. The Morgan fingerprint density at radius 3 is 1.77 bits per heavy atom. The van der Waals surface area contributed by atoms with Crippen molar-refractivity contribution in [3.63, 3.8) is 0 Å². The van der Waals surface area contributed by atoms with Gasteiger partial charge in [-0.25, -0.2) is 0 Å². The van der Waals surface area contributed by atoms with Crippen LogP contribution in [0, 0.1) is 22.7 Å². The number of hydrogen-bond acceptors (Lipinski definition) is 11. The summed E-state index contributed by atoms with van der Waals surface area (Å²) in [6.07, 6.45) is 1.43. The van der Waals surface area contributed by atoms with Crippen molar-refractivity contribution in [3.8, 4) is 12.1 Å². The van der Waals surface area contributed by atoms with Crippen LogP contribution in [0.2, 0.25) is 0 Å². The molecule has 7 aromatic rings. The molecule has 2 aliphatic heterocycles. The van der Waals surface area contributed by atoms with Crippen LogP contribution in [0.4, 0.5) is 41.9 Å². The second kappa shape index (κ2) is 19.4. The molecule has 2 amide bonds. The zero-order valence-corrected chi connectivity index (χ0v) is 37.5. The molecule has 4 aromatic carbocycles. The van der Waals surface area contributed by atoms with E-state index in [0.717, 1.165) is 40.1 Å². The van der Waals surface area contributed by atoms with Gasteiger partial charge in [0.05, 0.1) is 48.2 Å². The second-order valence-electron chi connectivity index (χ2n) is 17.8. The van der Waals surface area contributed by atoms with Crippen LogP contribution >= 0.6 is 0 Å². The molecule has 9 rings (SSSR count). The van der Waals surface area contributed by atoms with E-state index >= 15 is 0 Å². The SMILES string of the molecule is N#CCC1(n2cc(C(N)=O)c(Nc3ccc(NC(=O)c4cn(C5(CC#N)CCN(Cc6cc7ccccc7o6)CC5)nc4Nc4ccccc4)cc3)n2)CCN(Cc2ccc(C(F)(F)F)cc2)CC1. The number of anilines is 5. The lowest BCUT2D eigenvalue weighted by atomic mass is 9.84. The molecule has 0 atom stereocenters. The molecule has 0 bridgehead atoms. The smallest absolute Gasteiger partial charge is 0.416 e. The Morgan fingerprint density at radius 1 is 0.681 bits per heavy atom. The highest BCUT2D eigenvalue weighted by atomic mass is 19.4. The van der Waals surface area contributed by atoms with Crippen LogP contribution in [0.1, 0.15) is 76.1 Å². The number of amides is 2. The Bertz CT molecular complexity index is 2990. The lowest BCUT2D eigenvalue weighted by Gasteiger charge is -2.40. The van der Waals surface area contributed by atoms with Crippen LogP contribution in [-0.2, 0) is 30.3 Å². The average Bonchev–Trinajstić information content (AvgIpc) is 4.09. The zero-order chi connectivity index (χ0) is 48.2. The van der Waals surface area contributed by atoms with E-state index in [-0.39, 0.29) is 29.8 Å². The van der Waals surface area contributed by atoms with Crippen molar-refractivity contribution in [2.75, 3.05) is 42.1 Å². The summed E-state index contributed by atoms with van der Waals surface area (Å²) in [5.74, 6) is 0.274. The topological polar surface area (TPSA) is 199 Å². The first-order valence-electron chi connectivity index (χ1n) is 22.6. The van der Waals surface area contributed by atoms with Gasteiger partial charge in [-0.05, 0) is 91.9 Å². The molecular formula is C51H49F3N12O3. The quantitative estimate of drug-likeness (QED) is 0.0764. The first-order valence-corrected chi connectivity index (χ1v) is 22.6. The minimum absolute atomic E-state index is 0.110. The number of alkyl halides is 3. The summed E-state index contributed by atoms with van der Waals surface area (Å²) in [7, 11) is 0. The summed E-state index contributed by atoms with van der Waals surface area (Å²) in [4.78, 5) is 31.3. The van der Waals surface area contributed by atoms with Crippen molar-refractivity contribution in [3.05, 3.63) is 150 Å². The van der Waals surface area contributed by atoms with E-state index < -0.39 is 34.6 Å². The van der Waals surface area contributed by atoms with E-state index in [1.54, 1.807) is 46.0 Å². The number of rotatable bonds is 15. The van der Waals surface area contributed by atoms with Crippen LogP contribution in [0.25, 0.3) is 11.0 Å². The molecule has 15 nitrogen and oxygen atoms in total. The maximum absolute atomic E-state index is 14.2. The lowest BCUT2D eigenvalue weighted by Crippen LogP contribution is -2.46. The number of para-hydroxylation sites is 2. The van der Waals surface area contributed by atoms with E-state index in [9.17, 15) is 33.3 Å². The van der Waals surface area contributed by atoms with Crippen LogP contribution < -0.4 is 21.7 Å². The molecule has 0 spiro atoms. The number of hydrogen-bond donors (Lipinski definition) is 4. The number of primary amides is 1. The number of piperidine rings is 2. The number of furan rings is 1. The van der Waals surface area contributed by atoms with Gasteiger partial charge in [0, 0.05) is 67.6 Å². The van der Waals surface area contributed by atoms with Gasteiger partial charge in [-0.2, -0.15) is 33.9 Å². The highest BCUT2D eigenvalue weighted by molar-refractivity contribution is 6.08. The molecule has 0 saturated carbocycles. The fraction of sp³-hybridized carbons (Fsp3) is 0.294. The van der Waals surface area contributed by atoms with E-state index in [1.165, 1.54) is 12.1 Å². The second-order valence-corrected chi connectivity index (χ2v) is 17.8. The molecule has 0 unspecified atom stereocenters. The van der Waals surface area contributed by atoms with Gasteiger partial charge in [0.25, 0.3) is 11.8 Å². The number of nitrogens with zero attached hydrogens (tertiary/aromatic N) is 8.